The van der Waals surface area contributed by atoms with Gasteiger partial charge in [-0.2, -0.15) is 4.98 Å². The van der Waals surface area contributed by atoms with Crippen LogP contribution in [0.4, 0.5) is 11.8 Å². The van der Waals surface area contributed by atoms with Crippen molar-refractivity contribution in [3.8, 4) is 0 Å². The summed E-state index contributed by atoms with van der Waals surface area (Å²) < 4.78 is 5.36. The zero-order valence-corrected chi connectivity index (χ0v) is 14.0. The van der Waals surface area contributed by atoms with Gasteiger partial charge in [0.25, 0.3) is 0 Å². The van der Waals surface area contributed by atoms with Crippen molar-refractivity contribution in [2.45, 2.75) is 13.5 Å². The van der Waals surface area contributed by atoms with E-state index in [1.807, 2.05) is 25.1 Å². The van der Waals surface area contributed by atoms with Crippen molar-refractivity contribution >= 4 is 11.8 Å². The summed E-state index contributed by atoms with van der Waals surface area (Å²) in [4.78, 5) is 15.4. The van der Waals surface area contributed by atoms with Gasteiger partial charge >= 0.3 is 0 Å². The summed E-state index contributed by atoms with van der Waals surface area (Å²) in [5.41, 5.74) is 2.09. The third-order valence-electron chi connectivity index (χ3n) is 3.89. The van der Waals surface area contributed by atoms with Crippen LogP contribution in [-0.4, -0.2) is 59.2 Å². The second kappa shape index (κ2) is 8.56. The Morgan fingerprint density at radius 3 is 2.71 bits per heavy atom. The molecule has 0 aliphatic carbocycles. The minimum Gasteiger partial charge on any atom is -0.379 e. The number of nitrogens with zero attached hydrogens (tertiary/aromatic N) is 4. The van der Waals surface area contributed by atoms with Gasteiger partial charge < -0.3 is 15.4 Å². The van der Waals surface area contributed by atoms with E-state index in [2.05, 4.69) is 30.5 Å². The fourth-order valence-corrected chi connectivity index (χ4v) is 2.59. The first kappa shape index (κ1) is 16.6. The maximum absolute atomic E-state index is 5.36. The summed E-state index contributed by atoms with van der Waals surface area (Å²) in [6, 6.07) is 5.92. The molecule has 1 aliphatic heterocycles. The number of aromatic nitrogens is 3. The van der Waals surface area contributed by atoms with Crippen LogP contribution in [0.15, 0.2) is 30.6 Å². The van der Waals surface area contributed by atoms with Crippen LogP contribution in [0.2, 0.25) is 0 Å². The van der Waals surface area contributed by atoms with Gasteiger partial charge in [-0.3, -0.25) is 9.88 Å². The van der Waals surface area contributed by atoms with Gasteiger partial charge in [0.2, 0.25) is 5.95 Å². The lowest BCUT2D eigenvalue weighted by Gasteiger charge is -2.26. The first-order valence-electron chi connectivity index (χ1n) is 8.32. The van der Waals surface area contributed by atoms with Crippen LogP contribution in [0.25, 0.3) is 0 Å². The van der Waals surface area contributed by atoms with E-state index in [-0.39, 0.29) is 0 Å². The second-order valence-corrected chi connectivity index (χ2v) is 5.81. The van der Waals surface area contributed by atoms with Crippen molar-refractivity contribution < 1.29 is 4.74 Å². The molecular weight excluding hydrogens is 304 g/mol. The number of anilines is 2. The molecule has 0 unspecified atom stereocenters. The van der Waals surface area contributed by atoms with Gasteiger partial charge in [0.1, 0.15) is 5.82 Å². The van der Waals surface area contributed by atoms with E-state index in [1.54, 1.807) is 12.4 Å². The van der Waals surface area contributed by atoms with E-state index in [1.165, 1.54) is 0 Å². The first-order chi connectivity index (χ1) is 11.8. The summed E-state index contributed by atoms with van der Waals surface area (Å²) >= 11 is 0. The van der Waals surface area contributed by atoms with Crippen LogP contribution in [0.1, 0.15) is 11.3 Å². The molecule has 3 heterocycles. The zero-order chi connectivity index (χ0) is 16.6. The van der Waals surface area contributed by atoms with Crippen LogP contribution < -0.4 is 10.6 Å². The summed E-state index contributed by atoms with van der Waals surface area (Å²) in [6.07, 6.45) is 3.57. The van der Waals surface area contributed by atoms with Crippen molar-refractivity contribution in [3.63, 3.8) is 0 Å². The lowest BCUT2D eigenvalue weighted by Crippen LogP contribution is -2.39. The van der Waals surface area contributed by atoms with E-state index in [9.17, 15) is 0 Å². The van der Waals surface area contributed by atoms with E-state index in [0.717, 1.165) is 56.5 Å². The third kappa shape index (κ3) is 5.14. The summed E-state index contributed by atoms with van der Waals surface area (Å²) in [6.45, 7) is 8.18. The van der Waals surface area contributed by atoms with Gasteiger partial charge in [-0.15, -0.1) is 0 Å². The van der Waals surface area contributed by atoms with Gasteiger partial charge in [-0.05, 0) is 24.6 Å². The highest BCUT2D eigenvalue weighted by atomic mass is 16.5. The van der Waals surface area contributed by atoms with E-state index < -0.39 is 0 Å². The van der Waals surface area contributed by atoms with Crippen molar-refractivity contribution in [2.24, 2.45) is 0 Å². The summed E-state index contributed by atoms with van der Waals surface area (Å²) in [5.74, 6) is 1.49. The summed E-state index contributed by atoms with van der Waals surface area (Å²) in [7, 11) is 0. The Hall–Kier alpha value is -2.25. The van der Waals surface area contributed by atoms with E-state index >= 15 is 0 Å². The molecule has 0 bridgehead atoms. The summed E-state index contributed by atoms with van der Waals surface area (Å²) in [5, 5.41) is 6.65. The number of ether oxygens (including phenoxy) is 1. The van der Waals surface area contributed by atoms with Crippen LogP contribution in [0.3, 0.4) is 0 Å². The van der Waals surface area contributed by atoms with Crippen molar-refractivity contribution in [3.05, 3.63) is 41.9 Å². The normalized spacial score (nSPS) is 15.2. The molecule has 2 N–H and O–H groups in total. The molecule has 0 atom stereocenters. The molecule has 1 aliphatic rings. The second-order valence-electron chi connectivity index (χ2n) is 5.81. The Morgan fingerprint density at radius 1 is 1.12 bits per heavy atom. The molecule has 0 amide bonds. The maximum Gasteiger partial charge on any atom is 0.225 e. The Morgan fingerprint density at radius 2 is 1.92 bits per heavy atom. The topological polar surface area (TPSA) is 75.2 Å². The molecule has 3 rings (SSSR count). The molecule has 1 fully saturated rings. The average Bonchev–Trinajstić information content (AvgIpc) is 2.61. The first-order valence-corrected chi connectivity index (χ1v) is 8.32. The van der Waals surface area contributed by atoms with Crippen LogP contribution in [0, 0.1) is 6.92 Å². The molecule has 2 aromatic heterocycles. The van der Waals surface area contributed by atoms with Crippen molar-refractivity contribution in [2.75, 3.05) is 50.0 Å². The smallest absolute Gasteiger partial charge is 0.225 e. The molecule has 7 heteroatoms. The van der Waals surface area contributed by atoms with Crippen molar-refractivity contribution in [1.29, 1.82) is 0 Å². The fourth-order valence-electron chi connectivity index (χ4n) is 2.59. The standard InChI is InChI=1S/C17H24N6O/c1-14-12-16(19-6-7-23-8-10-24-11-9-23)22-17(21-14)20-13-15-2-4-18-5-3-15/h2-5,12H,6-11,13H2,1H3,(H2,19,20,21,22). The molecule has 0 spiro atoms. The molecule has 128 valence electrons. The van der Waals surface area contributed by atoms with Crippen LogP contribution >= 0.6 is 0 Å². The largest absolute Gasteiger partial charge is 0.379 e. The van der Waals surface area contributed by atoms with Gasteiger partial charge in [-0.25, -0.2) is 4.98 Å². The highest BCUT2D eigenvalue weighted by Crippen LogP contribution is 2.10. The molecule has 2 aromatic rings. The Bertz CT molecular complexity index is 630. The van der Waals surface area contributed by atoms with Crippen LogP contribution in [-0.2, 0) is 11.3 Å². The van der Waals surface area contributed by atoms with Gasteiger partial charge in [0, 0.05) is 56.9 Å². The molecule has 7 nitrogen and oxygen atoms in total. The van der Waals surface area contributed by atoms with Gasteiger partial charge in [0.05, 0.1) is 13.2 Å². The molecular formula is C17H24N6O. The Kier molecular flexibility index (Phi) is 5.92. The molecule has 0 saturated carbocycles. The van der Waals surface area contributed by atoms with Gasteiger partial charge in [0.15, 0.2) is 0 Å². The van der Waals surface area contributed by atoms with Crippen LogP contribution in [0.5, 0.6) is 0 Å². The number of rotatable bonds is 7. The number of pyridine rings is 1. The number of hydrogen-bond acceptors (Lipinski definition) is 7. The predicted molar refractivity (Wildman–Crippen MR) is 94.1 cm³/mol. The zero-order valence-electron chi connectivity index (χ0n) is 14.0. The predicted octanol–water partition coefficient (Wildman–Crippen LogP) is 1.54. The molecule has 1 saturated heterocycles. The number of hydrogen-bond donors (Lipinski definition) is 2. The SMILES string of the molecule is Cc1cc(NCCN2CCOCC2)nc(NCc2ccncc2)n1. The molecule has 0 radical (unpaired) electrons. The number of nitrogens with one attached hydrogen (secondary N) is 2. The highest BCUT2D eigenvalue weighted by Gasteiger charge is 2.09. The Balaban J connectivity index is 1.51. The minimum atomic E-state index is 0.640. The van der Waals surface area contributed by atoms with Crippen molar-refractivity contribution in [1.82, 2.24) is 19.9 Å². The number of morpholine rings is 1. The number of aryl methyl sites for hydroxylation is 1. The van der Waals surface area contributed by atoms with E-state index in [4.69, 9.17) is 4.74 Å². The highest BCUT2D eigenvalue weighted by molar-refractivity contribution is 5.42. The molecule has 0 aromatic carbocycles. The third-order valence-corrected chi connectivity index (χ3v) is 3.89. The minimum absolute atomic E-state index is 0.640. The Labute approximate surface area is 142 Å². The van der Waals surface area contributed by atoms with E-state index in [0.29, 0.717) is 12.5 Å². The fraction of sp³-hybridized carbons (Fsp3) is 0.471. The maximum atomic E-state index is 5.36. The monoisotopic (exact) mass is 328 g/mol. The lowest BCUT2D eigenvalue weighted by atomic mass is 10.3. The van der Waals surface area contributed by atoms with Gasteiger partial charge in [-0.1, -0.05) is 0 Å². The quantitative estimate of drug-likeness (QED) is 0.798. The molecule has 24 heavy (non-hydrogen) atoms. The average molecular weight is 328 g/mol. The lowest BCUT2D eigenvalue weighted by molar-refractivity contribution is 0.0398.